The van der Waals surface area contributed by atoms with Crippen LogP contribution in [0.4, 0.5) is 18.9 Å². The summed E-state index contributed by atoms with van der Waals surface area (Å²) >= 11 is 0. The molecule has 7 rings (SSSR count). The van der Waals surface area contributed by atoms with Crippen LogP contribution < -0.4 is 4.90 Å². The topological polar surface area (TPSA) is 77.7 Å². The SMILES string of the molecule is CC#CC(=O)N1CC[C@]2(CCN([C@H](C)c3cc4c(c(C(F)(F)F)c3)CN(c3cccc(C5(c6nncn6C)CC(C)C5)c3)C4O)C2)C1. The molecule has 4 heterocycles. The molecule has 1 aliphatic carbocycles. The Hall–Kier alpha value is -3.88. The van der Waals surface area contributed by atoms with Gasteiger partial charge in [-0.1, -0.05) is 25.0 Å². The zero-order valence-electron chi connectivity index (χ0n) is 27.3. The van der Waals surface area contributed by atoms with Crippen LogP contribution in [0.3, 0.4) is 0 Å². The number of carbonyl (C=O) groups is 1. The molecule has 248 valence electrons. The molecule has 1 N–H and O–H groups in total. The maximum Gasteiger partial charge on any atom is 0.416 e. The third-order valence-corrected chi connectivity index (χ3v) is 11.2. The van der Waals surface area contributed by atoms with Gasteiger partial charge in [-0.3, -0.25) is 9.69 Å². The van der Waals surface area contributed by atoms with Crippen molar-refractivity contribution in [2.45, 2.75) is 76.9 Å². The average Bonchev–Trinajstić information content (AvgIpc) is 3.82. The highest BCUT2D eigenvalue weighted by molar-refractivity contribution is 5.93. The van der Waals surface area contributed by atoms with Crippen molar-refractivity contribution in [1.82, 2.24) is 24.6 Å². The monoisotopic (exact) mass is 646 g/mol. The van der Waals surface area contributed by atoms with Gasteiger partial charge in [0.05, 0.1) is 11.0 Å². The fourth-order valence-electron chi connectivity index (χ4n) is 8.79. The van der Waals surface area contributed by atoms with Gasteiger partial charge in [0.25, 0.3) is 5.91 Å². The van der Waals surface area contributed by atoms with Crippen LogP contribution in [0.25, 0.3) is 0 Å². The number of hydrogen-bond donors (Lipinski definition) is 1. The Kier molecular flexibility index (Phi) is 7.67. The molecule has 3 atom stereocenters. The highest BCUT2D eigenvalue weighted by atomic mass is 19.4. The van der Waals surface area contributed by atoms with Gasteiger partial charge in [0.2, 0.25) is 0 Å². The minimum Gasteiger partial charge on any atom is -0.369 e. The summed E-state index contributed by atoms with van der Waals surface area (Å²) in [4.78, 5) is 18.1. The molecular formula is C36H41F3N6O2. The van der Waals surface area contributed by atoms with E-state index in [1.54, 1.807) is 29.1 Å². The Balaban J connectivity index is 1.17. The van der Waals surface area contributed by atoms with E-state index in [-0.39, 0.29) is 34.9 Å². The van der Waals surface area contributed by atoms with Crippen molar-refractivity contribution in [3.8, 4) is 11.8 Å². The number of carbonyl (C=O) groups excluding carboxylic acids is 1. The summed E-state index contributed by atoms with van der Waals surface area (Å²) in [7, 11) is 1.93. The van der Waals surface area contributed by atoms with Crippen LogP contribution in [0, 0.1) is 23.2 Å². The van der Waals surface area contributed by atoms with Gasteiger partial charge in [0.1, 0.15) is 12.2 Å². The first-order valence-corrected chi connectivity index (χ1v) is 16.4. The zero-order valence-corrected chi connectivity index (χ0v) is 27.3. The van der Waals surface area contributed by atoms with Crippen LogP contribution in [0.5, 0.6) is 0 Å². The first-order valence-electron chi connectivity index (χ1n) is 16.4. The van der Waals surface area contributed by atoms with Crippen LogP contribution in [0.1, 0.15) is 92.4 Å². The molecule has 0 bridgehead atoms. The van der Waals surface area contributed by atoms with E-state index in [1.165, 1.54) is 6.07 Å². The number of alkyl halides is 3. The normalized spacial score (nSPS) is 27.9. The molecule has 3 aliphatic heterocycles. The van der Waals surface area contributed by atoms with E-state index in [2.05, 4.69) is 33.9 Å². The van der Waals surface area contributed by atoms with Gasteiger partial charge in [0, 0.05) is 55.9 Å². The Morgan fingerprint density at radius 1 is 1.13 bits per heavy atom. The number of likely N-dealkylation sites (tertiary alicyclic amines) is 2. The lowest BCUT2D eigenvalue weighted by Gasteiger charge is -2.46. The van der Waals surface area contributed by atoms with Crippen LogP contribution in [-0.4, -0.2) is 61.8 Å². The minimum atomic E-state index is -4.58. The van der Waals surface area contributed by atoms with Crippen LogP contribution in [0.15, 0.2) is 42.7 Å². The van der Waals surface area contributed by atoms with Crippen molar-refractivity contribution in [3.63, 3.8) is 0 Å². The molecule has 2 aromatic carbocycles. The van der Waals surface area contributed by atoms with Crippen molar-refractivity contribution >= 4 is 11.6 Å². The summed E-state index contributed by atoms with van der Waals surface area (Å²) in [5.74, 6) is 6.51. The quantitative estimate of drug-likeness (QED) is 0.366. The lowest BCUT2D eigenvalue weighted by molar-refractivity contribution is -0.138. The molecule has 4 aliphatic rings. The van der Waals surface area contributed by atoms with Gasteiger partial charge in [-0.15, -0.1) is 10.2 Å². The van der Waals surface area contributed by atoms with Gasteiger partial charge in [0.15, 0.2) is 6.23 Å². The molecule has 3 fully saturated rings. The van der Waals surface area contributed by atoms with Crippen LogP contribution in [0.2, 0.25) is 0 Å². The van der Waals surface area contributed by atoms with E-state index < -0.39 is 18.0 Å². The standard InChI is InChI=1S/C36H41F3N6O2/c1-5-7-31(46)44-13-11-34(21-44)10-12-43(20-34)24(3)25-14-28-29(30(15-25)36(37,38)39)19-45(32(28)47)27-9-6-8-26(16-27)35(17-23(2)18-35)33-41-40-22-42(33)4/h6,8-9,14-16,22-24,32,47H,10-13,17-21H2,1-4H3/t23?,24-,32?,34+,35?/m1/s1. The van der Waals surface area contributed by atoms with Gasteiger partial charge in [-0.2, -0.15) is 13.2 Å². The molecule has 2 saturated heterocycles. The molecule has 1 aromatic heterocycles. The Morgan fingerprint density at radius 3 is 2.57 bits per heavy atom. The van der Waals surface area contributed by atoms with Crippen molar-refractivity contribution in [1.29, 1.82) is 0 Å². The molecule has 0 radical (unpaired) electrons. The number of aliphatic hydroxyl groups is 1. The molecule has 11 heteroatoms. The molecule has 1 unspecified atom stereocenters. The zero-order chi connectivity index (χ0) is 33.3. The van der Waals surface area contributed by atoms with Gasteiger partial charge in [-0.05, 0) is 98.9 Å². The number of aliphatic hydroxyl groups excluding tert-OH is 1. The van der Waals surface area contributed by atoms with E-state index in [4.69, 9.17) is 0 Å². The van der Waals surface area contributed by atoms with Gasteiger partial charge >= 0.3 is 6.18 Å². The summed E-state index contributed by atoms with van der Waals surface area (Å²) in [6, 6.07) is 10.6. The number of hydrogen-bond acceptors (Lipinski definition) is 6. The fraction of sp³-hybridized carbons (Fsp3) is 0.528. The maximum absolute atomic E-state index is 14.7. The Labute approximate surface area is 273 Å². The highest BCUT2D eigenvalue weighted by Crippen LogP contribution is 2.53. The third-order valence-electron chi connectivity index (χ3n) is 11.2. The van der Waals surface area contributed by atoms with Crippen molar-refractivity contribution < 1.29 is 23.1 Å². The van der Waals surface area contributed by atoms with E-state index in [9.17, 15) is 23.1 Å². The third kappa shape index (κ3) is 5.30. The second-order valence-electron chi connectivity index (χ2n) is 14.3. The predicted molar refractivity (Wildman–Crippen MR) is 171 cm³/mol. The van der Waals surface area contributed by atoms with Gasteiger partial charge in [-0.25, -0.2) is 0 Å². The van der Waals surface area contributed by atoms with E-state index >= 15 is 0 Å². The molecule has 3 aromatic rings. The van der Waals surface area contributed by atoms with Gasteiger partial charge < -0.3 is 19.5 Å². The summed E-state index contributed by atoms with van der Waals surface area (Å²) in [6.45, 7) is 8.43. The molecule has 1 saturated carbocycles. The number of aryl methyl sites for hydroxylation is 1. The van der Waals surface area contributed by atoms with Crippen LogP contribution in [-0.2, 0) is 30.0 Å². The fourth-order valence-corrected chi connectivity index (χ4v) is 8.79. The summed E-state index contributed by atoms with van der Waals surface area (Å²) in [6.07, 6.45) is -0.592. The predicted octanol–water partition coefficient (Wildman–Crippen LogP) is 5.57. The molecule has 1 amide bonds. The lowest BCUT2D eigenvalue weighted by Crippen LogP contribution is -2.43. The Bertz CT molecular complexity index is 1770. The van der Waals surface area contributed by atoms with Crippen molar-refractivity contribution in [2.24, 2.45) is 18.4 Å². The first kappa shape index (κ1) is 31.7. The number of fused-ring (bicyclic) bond motifs is 1. The largest absolute Gasteiger partial charge is 0.416 e. The second-order valence-corrected chi connectivity index (χ2v) is 14.3. The van der Waals surface area contributed by atoms with Crippen LogP contribution >= 0.6 is 0 Å². The smallest absolute Gasteiger partial charge is 0.369 e. The number of anilines is 1. The van der Waals surface area contributed by atoms with Crippen molar-refractivity contribution in [2.75, 3.05) is 31.1 Å². The number of rotatable bonds is 5. The average molecular weight is 647 g/mol. The molecule has 1 spiro atoms. The number of aromatic nitrogens is 3. The number of nitrogens with zero attached hydrogens (tertiary/aromatic N) is 6. The maximum atomic E-state index is 14.7. The van der Waals surface area contributed by atoms with E-state index in [1.807, 2.05) is 42.8 Å². The lowest BCUT2D eigenvalue weighted by atomic mass is 9.58. The first-order chi connectivity index (χ1) is 22.3. The molecule has 47 heavy (non-hydrogen) atoms. The number of halogens is 3. The summed E-state index contributed by atoms with van der Waals surface area (Å²) in [5.41, 5.74) is 1.55. The number of benzene rings is 2. The second kappa shape index (κ2) is 11.4. The molecular weight excluding hydrogens is 605 g/mol. The Morgan fingerprint density at radius 2 is 1.89 bits per heavy atom. The minimum absolute atomic E-state index is 0.0475. The highest BCUT2D eigenvalue weighted by Gasteiger charge is 2.49. The van der Waals surface area contributed by atoms with E-state index in [0.717, 1.165) is 43.6 Å². The summed E-state index contributed by atoms with van der Waals surface area (Å²) < 4.78 is 45.9. The molecule has 8 nitrogen and oxygen atoms in total. The summed E-state index contributed by atoms with van der Waals surface area (Å²) in [5, 5.41) is 20.2. The number of amides is 1. The van der Waals surface area contributed by atoms with E-state index in [0.29, 0.717) is 42.4 Å². The van der Waals surface area contributed by atoms with Crippen molar-refractivity contribution in [3.05, 3.63) is 76.4 Å².